The SMILES string of the molecule is CC1OC2(CCN(CCc3cccc(NSN)c3)CC2)CN(c2ccccc2)C1=O. The molecule has 2 aliphatic rings. The zero-order valence-corrected chi connectivity index (χ0v) is 18.2. The van der Waals surface area contributed by atoms with E-state index in [9.17, 15) is 4.79 Å². The van der Waals surface area contributed by atoms with Crippen LogP contribution in [-0.2, 0) is 16.0 Å². The molecular formula is C23H30N4O2S. The van der Waals surface area contributed by atoms with Gasteiger partial charge in [-0.3, -0.25) is 9.93 Å². The Balaban J connectivity index is 1.35. The lowest BCUT2D eigenvalue weighted by molar-refractivity contribution is -0.161. The Kier molecular flexibility index (Phi) is 6.63. The van der Waals surface area contributed by atoms with Crippen LogP contribution in [0.1, 0.15) is 25.3 Å². The second-order valence-electron chi connectivity index (χ2n) is 8.21. The third-order valence-corrected chi connectivity index (χ3v) is 6.50. The Morgan fingerprint density at radius 2 is 1.93 bits per heavy atom. The predicted molar refractivity (Wildman–Crippen MR) is 123 cm³/mol. The number of benzene rings is 2. The number of rotatable bonds is 6. The number of hydrogen-bond donors (Lipinski definition) is 2. The molecule has 4 rings (SSSR count). The van der Waals surface area contributed by atoms with Crippen molar-refractivity contribution in [3.8, 4) is 0 Å². The van der Waals surface area contributed by atoms with Gasteiger partial charge in [0.2, 0.25) is 0 Å². The summed E-state index contributed by atoms with van der Waals surface area (Å²) in [4.78, 5) is 17.1. The molecule has 0 saturated carbocycles. The second kappa shape index (κ2) is 9.39. The van der Waals surface area contributed by atoms with Gasteiger partial charge in [-0.05, 0) is 56.0 Å². The first kappa shape index (κ1) is 21.2. The molecule has 2 fully saturated rings. The molecular weight excluding hydrogens is 396 g/mol. The van der Waals surface area contributed by atoms with E-state index in [-0.39, 0.29) is 11.5 Å². The number of nitrogens with zero attached hydrogens (tertiary/aromatic N) is 2. The van der Waals surface area contributed by atoms with Crippen molar-refractivity contribution in [2.45, 2.75) is 37.9 Å². The van der Waals surface area contributed by atoms with Gasteiger partial charge in [0.05, 0.1) is 12.1 Å². The molecule has 2 saturated heterocycles. The molecule has 7 heteroatoms. The van der Waals surface area contributed by atoms with Crippen molar-refractivity contribution >= 4 is 29.4 Å². The Hall–Kier alpha value is -2.06. The average molecular weight is 427 g/mol. The first-order chi connectivity index (χ1) is 14.6. The van der Waals surface area contributed by atoms with E-state index >= 15 is 0 Å². The second-order valence-corrected chi connectivity index (χ2v) is 8.65. The molecule has 1 unspecified atom stereocenters. The number of piperidine rings is 1. The number of anilines is 2. The van der Waals surface area contributed by atoms with E-state index < -0.39 is 6.10 Å². The van der Waals surface area contributed by atoms with Crippen LogP contribution in [-0.4, -0.2) is 48.7 Å². The maximum atomic E-state index is 12.7. The number of nitrogens with one attached hydrogen (secondary N) is 1. The van der Waals surface area contributed by atoms with Crippen LogP contribution < -0.4 is 14.8 Å². The number of ether oxygens (including phenoxy) is 1. The van der Waals surface area contributed by atoms with Gasteiger partial charge < -0.3 is 19.3 Å². The Morgan fingerprint density at radius 3 is 2.67 bits per heavy atom. The summed E-state index contributed by atoms with van der Waals surface area (Å²) in [6.07, 6.45) is 2.49. The van der Waals surface area contributed by atoms with Crippen LogP contribution in [0.2, 0.25) is 0 Å². The van der Waals surface area contributed by atoms with Gasteiger partial charge in [-0.15, -0.1) is 0 Å². The first-order valence-corrected chi connectivity index (χ1v) is 11.4. The number of likely N-dealkylation sites (tertiary alicyclic amines) is 1. The van der Waals surface area contributed by atoms with E-state index in [1.54, 1.807) is 0 Å². The van der Waals surface area contributed by atoms with E-state index in [0.717, 1.165) is 62.4 Å². The smallest absolute Gasteiger partial charge is 0.255 e. The Morgan fingerprint density at radius 1 is 1.17 bits per heavy atom. The van der Waals surface area contributed by atoms with Gasteiger partial charge in [-0.1, -0.05) is 30.3 Å². The predicted octanol–water partition coefficient (Wildman–Crippen LogP) is 3.45. The van der Waals surface area contributed by atoms with Gasteiger partial charge in [0.25, 0.3) is 5.91 Å². The lowest BCUT2D eigenvalue weighted by Gasteiger charge is -2.49. The van der Waals surface area contributed by atoms with Crippen molar-refractivity contribution in [3.05, 3.63) is 60.2 Å². The van der Waals surface area contributed by atoms with E-state index in [1.165, 1.54) is 5.56 Å². The third-order valence-electron chi connectivity index (χ3n) is 6.14. The summed E-state index contributed by atoms with van der Waals surface area (Å²) in [5, 5.41) is 5.50. The summed E-state index contributed by atoms with van der Waals surface area (Å²) in [5.74, 6) is 0.0541. The molecule has 0 bridgehead atoms. The van der Waals surface area contributed by atoms with Crippen LogP contribution in [0, 0.1) is 0 Å². The Bertz CT molecular complexity index is 855. The van der Waals surface area contributed by atoms with Gasteiger partial charge in [-0.25, -0.2) is 0 Å². The molecule has 1 atom stereocenters. The molecule has 160 valence electrons. The fourth-order valence-corrected chi connectivity index (χ4v) is 4.74. The molecule has 2 heterocycles. The summed E-state index contributed by atoms with van der Waals surface area (Å²) in [7, 11) is 0. The summed E-state index contributed by atoms with van der Waals surface area (Å²) in [5.41, 5.74) is 3.05. The molecule has 0 aliphatic carbocycles. The molecule has 0 aromatic heterocycles. The van der Waals surface area contributed by atoms with Crippen molar-refractivity contribution in [2.75, 3.05) is 35.8 Å². The largest absolute Gasteiger partial charge is 0.360 e. The summed E-state index contributed by atoms with van der Waals surface area (Å²) < 4.78 is 9.37. The highest BCUT2D eigenvalue weighted by molar-refractivity contribution is 7.98. The number of para-hydroxylation sites is 1. The van der Waals surface area contributed by atoms with Gasteiger partial charge in [-0.2, -0.15) is 0 Å². The maximum absolute atomic E-state index is 12.7. The van der Waals surface area contributed by atoms with Gasteiger partial charge in [0, 0.05) is 43.1 Å². The van der Waals surface area contributed by atoms with Crippen LogP contribution in [0.15, 0.2) is 54.6 Å². The normalized spacial score (nSPS) is 21.7. The zero-order chi connectivity index (χ0) is 21.0. The van der Waals surface area contributed by atoms with Crippen LogP contribution >= 0.6 is 12.1 Å². The van der Waals surface area contributed by atoms with Crippen molar-refractivity contribution in [1.29, 1.82) is 0 Å². The molecule has 6 nitrogen and oxygen atoms in total. The highest BCUT2D eigenvalue weighted by Crippen LogP contribution is 2.35. The number of carbonyl (C=O) groups is 1. The van der Waals surface area contributed by atoms with Crippen LogP contribution in [0.3, 0.4) is 0 Å². The quantitative estimate of drug-likeness (QED) is 0.690. The minimum Gasteiger partial charge on any atom is -0.360 e. The minimum atomic E-state index is -0.402. The summed E-state index contributed by atoms with van der Waals surface area (Å²) >= 11 is 1.12. The molecule has 0 radical (unpaired) electrons. The number of nitrogens with two attached hydrogens (primary N) is 1. The monoisotopic (exact) mass is 426 g/mol. The van der Waals surface area contributed by atoms with Crippen LogP contribution in [0.25, 0.3) is 0 Å². The van der Waals surface area contributed by atoms with E-state index in [1.807, 2.05) is 48.2 Å². The van der Waals surface area contributed by atoms with Crippen LogP contribution in [0.4, 0.5) is 11.4 Å². The number of carbonyl (C=O) groups excluding carboxylic acids is 1. The summed E-state index contributed by atoms with van der Waals surface area (Å²) in [6, 6.07) is 18.3. The van der Waals surface area contributed by atoms with Crippen molar-refractivity contribution < 1.29 is 9.53 Å². The van der Waals surface area contributed by atoms with Gasteiger partial charge >= 0.3 is 0 Å². The van der Waals surface area contributed by atoms with Crippen LogP contribution in [0.5, 0.6) is 0 Å². The highest BCUT2D eigenvalue weighted by atomic mass is 32.2. The highest BCUT2D eigenvalue weighted by Gasteiger charge is 2.45. The lowest BCUT2D eigenvalue weighted by Crippen LogP contribution is -2.61. The van der Waals surface area contributed by atoms with Gasteiger partial charge in [0.1, 0.15) is 6.10 Å². The minimum absolute atomic E-state index is 0.0541. The van der Waals surface area contributed by atoms with Crippen molar-refractivity contribution in [2.24, 2.45) is 5.14 Å². The standard InChI is InChI=1S/C23H30N4O2S/c1-18-22(28)27(21-8-3-2-4-9-21)17-23(29-18)11-14-26(15-12-23)13-10-19-6-5-7-20(16-19)25-30-24/h2-9,16,18,25H,10-15,17,24H2,1H3. The van der Waals surface area contributed by atoms with Crippen molar-refractivity contribution in [1.82, 2.24) is 4.90 Å². The first-order valence-electron chi connectivity index (χ1n) is 10.6. The molecule has 1 amide bonds. The topological polar surface area (TPSA) is 70.8 Å². The van der Waals surface area contributed by atoms with Gasteiger partial charge in [0.15, 0.2) is 0 Å². The van der Waals surface area contributed by atoms with Crippen molar-refractivity contribution in [3.63, 3.8) is 0 Å². The molecule has 1 spiro atoms. The molecule has 3 N–H and O–H groups in total. The summed E-state index contributed by atoms with van der Waals surface area (Å²) in [6.45, 7) is 5.51. The van der Waals surface area contributed by atoms with E-state index in [0.29, 0.717) is 6.54 Å². The zero-order valence-electron chi connectivity index (χ0n) is 17.4. The third kappa shape index (κ3) is 4.81. The lowest BCUT2D eigenvalue weighted by atomic mass is 9.88. The average Bonchev–Trinajstić information content (AvgIpc) is 2.77. The van der Waals surface area contributed by atoms with E-state index in [4.69, 9.17) is 9.88 Å². The molecule has 2 aromatic carbocycles. The fourth-order valence-electron chi connectivity index (χ4n) is 4.48. The molecule has 2 aromatic rings. The van der Waals surface area contributed by atoms with E-state index in [2.05, 4.69) is 27.8 Å². The maximum Gasteiger partial charge on any atom is 0.255 e. The number of hydrogen-bond acceptors (Lipinski definition) is 6. The fraction of sp³-hybridized carbons (Fsp3) is 0.435. The molecule has 30 heavy (non-hydrogen) atoms. The Labute approximate surface area is 183 Å². The molecule has 2 aliphatic heterocycles. The number of amides is 1. The number of morpholine rings is 1.